The number of aromatic nitrogens is 1. The van der Waals surface area contributed by atoms with Crippen LogP contribution in [0.4, 0.5) is 11.7 Å². The van der Waals surface area contributed by atoms with Crippen molar-refractivity contribution in [2.24, 2.45) is 0 Å². The monoisotopic (exact) mass is 300 g/mol. The van der Waals surface area contributed by atoms with Crippen LogP contribution in [0, 0.1) is 0 Å². The lowest BCUT2D eigenvalue weighted by atomic mass is 10.1. The van der Waals surface area contributed by atoms with Gasteiger partial charge in [-0.25, -0.2) is 0 Å². The highest BCUT2D eigenvalue weighted by molar-refractivity contribution is 6.35. The average molecular weight is 301 g/mol. The number of carbonyl (C=O) groups is 1. The van der Waals surface area contributed by atoms with E-state index in [0.29, 0.717) is 28.6 Å². The number of para-hydroxylation sites is 1. The van der Waals surface area contributed by atoms with E-state index >= 15 is 0 Å². The molecule has 3 aromatic rings. The van der Waals surface area contributed by atoms with Gasteiger partial charge in [-0.2, -0.15) is 4.98 Å². The molecule has 5 heteroatoms. The summed E-state index contributed by atoms with van der Waals surface area (Å²) in [5.41, 5.74) is 2.85. The van der Waals surface area contributed by atoms with Gasteiger partial charge in [-0.15, -0.1) is 0 Å². The third-order valence-corrected chi connectivity index (χ3v) is 3.27. The number of nitrogens with one attached hydrogen (secondary N) is 1. The Labute approximate surface area is 126 Å². The van der Waals surface area contributed by atoms with E-state index < -0.39 is 0 Å². The van der Waals surface area contributed by atoms with Gasteiger partial charge in [0.2, 0.25) is 0 Å². The van der Waals surface area contributed by atoms with Crippen molar-refractivity contribution in [1.82, 2.24) is 4.98 Å². The summed E-state index contributed by atoms with van der Waals surface area (Å²) in [7, 11) is 0. The molecule has 0 spiro atoms. The quantitative estimate of drug-likeness (QED) is 0.778. The van der Waals surface area contributed by atoms with E-state index in [1.54, 1.807) is 19.1 Å². The first-order valence-electron chi connectivity index (χ1n) is 6.52. The molecule has 3 rings (SSSR count). The molecule has 0 aliphatic heterocycles. The van der Waals surface area contributed by atoms with E-state index in [2.05, 4.69) is 10.3 Å². The van der Waals surface area contributed by atoms with Crippen LogP contribution in [0.1, 0.15) is 12.5 Å². The number of anilines is 2. The van der Waals surface area contributed by atoms with Crippen LogP contribution in [0.2, 0.25) is 5.02 Å². The van der Waals surface area contributed by atoms with Crippen molar-refractivity contribution in [3.8, 4) is 0 Å². The fraction of sp³-hybridized carbons (Fsp3) is 0.125. The second-order valence-electron chi connectivity index (χ2n) is 4.81. The molecule has 0 aliphatic carbocycles. The van der Waals surface area contributed by atoms with E-state index in [0.717, 1.165) is 11.3 Å². The minimum Gasteiger partial charge on any atom is -0.423 e. The molecule has 0 amide bonds. The molecule has 0 atom stereocenters. The third kappa shape index (κ3) is 3.06. The first-order valence-corrected chi connectivity index (χ1v) is 6.90. The number of rotatable bonds is 4. The average Bonchev–Trinajstić information content (AvgIpc) is 2.82. The van der Waals surface area contributed by atoms with Crippen LogP contribution in [-0.4, -0.2) is 10.8 Å². The maximum Gasteiger partial charge on any atom is 0.300 e. The fourth-order valence-corrected chi connectivity index (χ4v) is 2.41. The predicted octanol–water partition coefficient (Wildman–Crippen LogP) is 4.36. The van der Waals surface area contributed by atoms with Crippen molar-refractivity contribution in [2.75, 3.05) is 5.32 Å². The van der Waals surface area contributed by atoms with Gasteiger partial charge in [0.1, 0.15) is 11.3 Å². The molecule has 0 aliphatic rings. The van der Waals surface area contributed by atoms with Crippen molar-refractivity contribution in [3.05, 3.63) is 53.1 Å². The lowest BCUT2D eigenvalue weighted by Crippen LogP contribution is -1.95. The van der Waals surface area contributed by atoms with Crippen LogP contribution in [0.3, 0.4) is 0 Å². The van der Waals surface area contributed by atoms with E-state index in [1.807, 2.05) is 30.3 Å². The zero-order valence-electron chi connectivity index (χ0n) is 11.4. The predicted molar refractivity (Wildman–Crippen MR) is 83.1 cm³/mol. The number of halogens is 1. The summed E-state index contributed by atoms with van der Waals surface area (Å²) in [5, 5.41) is 3.56. The molecule has 0 unspecified atom stereocenters. The molecule has 0 bridgehead atoms. The molecule has 0 saturated heterocycles. The highest BCUT2D eigenvalue weighted by Gasteiger charge is 2.12. The second-order valence-corrected chi connectivity index (χ2v) is 5.22. The molecule has 2 aromatic carbocycles. The van der Waals surface area contributed by atoms with Crippen molar-refractivity contribution in [3.63, 3.8) is 0 Å². The van der Waals surface area contributed by atoms with Gasteiger partial charge in [-0.1, -0.05) is 29.8 Å². The molecule has 0 fully saturated rings. The fourth-order valence-electron chi connectivity index (χ4n) is 2.13. The summed E-state index contributed by atoms with van der Waals surface area (Å²) in [4.78, 5) is 15.5. The molecule has 1 heterocycles. The summed E-state index contributed by atoms with van der Waals surface area (Å²) in [5.74, 6) is 0.0764. The molecular formula is C16H13ClN2O2. The number of Topliss-reactive ketones (excluding diaryl/α,β-unsaturated/α-hetero) is 1. The number of carbonyl (C=O) groups excluding carboxylic acids is 1. The second kappa shape index (κ2) is 5.58. The Morgan fingerprint density at radius 3 is 2.76 bits per heavy atom. The maximum atomic E-state index is 11.2. The van der Waals surface area contributed by atoms with E-state index in [9.17, 15) is 4.79 Å². The highest BCUT2D eigenvalue weighted by Crippen LogP contribution is 2.29. The molecule has 21 heavy (non-hydrogen) atoms. The molecule has 1 aromatic heterocycles. The Bertz CT molecular complexity index is 797. The summed E-state index contributed by atoms with van der Waals surface area (Å²) in [6.07, 6.45) is 0.331. The summed E-state index contributed by atoms with van der Waals surface area (Å²) in [6.45, 7) is 1.54. The Morgan fingerprint density at radius 1 is 1.29 bits per heavy atom. The summed E-state index contributed by atoms with van der Waals surface area (Å²) >= 11 is 6.20. The van der Waals surface area contributed by atoms with E-state index in [-0.39, 0.29) is 5.78 Å². The minimum absolute atomic E-state index is 0.0764. The van der Waals surface area contributed by atoms with Crippen LogP contribution in [0.25, 0.3) is 11.1 Å². The van der Waals surface area contributed by atoms with E-state index in [4.69, 9.17) is 16.0 Å². The van der Waals surface area contributed by atoms with Gasteiger partial charge in [-0.3, -0.25) is 4.79 Å². The zero-order chi connectivity index (χ0) is 14.8. The van der Waals surface area contributed by atoms with Gasteiger partial charge in [0.25, 0.3) is 6.01 Å². The van der Waals surface area contributed by atoms with Gasteiger partial charge in [0, 0.05) is 12.1 Å². The zero-order valence-corrected chi connectivity index (χ0v) is 12.1. The van der Waals surface area contributed by atoms with Gasteiger partial charge in [-0.05, 0) is 36.8 Å². The lowest BCUT2D eigenvalue weighted by Gasteiger charge is -1.99. The van der Waals surface area contributed by atoms with Crippen molar-refractivity contribution < 1.29 is 9.21 Å². The van der Waals surface area contributed by atoms with Crippen molar-refractivity contribution in [2.45, 2.75) is 13.3 Å². The Morgan fingerprint density at radius 2 is 2.05 bits per heavy atom. The topological polar surface area (TPSA) is 55.1 Å². The molecule has 1 N–H and O–H groups in total. The maximum absolute atomic E-state index is 11.2. The molecule has 4 nitrogen and oxygen atoms in total. The van der Waals surface area contributed by atoms with Crippen LogP contribution >= 0.6 is 11.6 Å². The van der Waals surface area contributed by atoms with Gasteiger partial charge in [0.15, 0.2) is 5.58 Å². The largest absolute Gasteiger partial charge is 0.423 e. The SMILES string of the molecule is CC(=O)Cc1cc(Cl)c2nc(Nc3ccccc3)oc2c1. The minimum atomic E-state index is 0.0764. The summed E-state index contributed by atoms with van der Waals surface area (Å²) in [6, 6.07) is 13.5. The number of oxazole rings is 1. The van der Waals surface area contributed by atoms with Gasteiger partial charge >= 0.3 is 0 Å². The first-order chi connectivity index (χ1) is 10.1. The van der Waals surface area contributed by atoms with Crippen molar-refractivity contribution in [1.29, 1.82) is 0 Å². The number of ketones is 1. The number of benzene rings is 2. The summed E-state index contributed by atoms with van der Waals surface area (Å²) < 4.78 is 5.66. The number of fused-ring (bicyclic) bond motifs is 1. The van der Waals surface area contributed by atoms with Crippen molar-refractivity contribution >= 4 is 40.2 Å². The third-order valence-electron chi connectivity index (χ3n) is 2.99. The standard InChI is InChI=1S/C16H13ClN2O2/c1-10(20)7-11-8-13(17)15-14(9-11)21-16(19-15)18-12-5-3-2-4-6-12/h2-6,8-9H,7H2,1H3,(H,18,19). The number of hydrogen-bond acceptors (Lipinski definition) is 4. The van der Waals surface area contributed by atoms with E-state index in [1.165, 1.54) is 0 Å². The Hall–Kier alpha value is -2.33. The van der Waals surface area contributed by atoms with Gasteiger partial charge in [0.05, 0.1) is 5.02 Å². The van der Waals surface area contributed by atoms with Gasteiger partial charge < -0.3 is 9.73 Å². The van der Waals surface area contributed by atoms with Crippen LogP contribution in [0.15, 0.2) is 46.9 Å². The molecule has 0 saturated carbocycles. The van der Waals surface area contributed by atoms with Crippen LogP contribution in [-0.2, 0) is 11.2 Å². The van der Waals surface area contributed by atoms with Crippen LogP contribution < -0.4 is 5.32 Å². The molecule has 106 valence electrons. The molecule has 0 radical (unpaired) electrons. The highest BCUT2D eigenvalue weighted by atomic mass is 35.5. The number of nitrogens with zero attached hydrogens (tertiary/aromatic N) is 1. The van der Waals surface area contributed by atoms with Crippen LogP contribution in [0.5, 0.6) is 0 Å². The molecular weight excluding hydrogens is 288 g/mol. The Kier molecular flexibility index (Phi) is 3.62. The normalized spacial score (nSPS) is 10.8. The smallest absolute Gasteiger partial charge is 0.300 e. The first kappa shape index (κ1) is 13.6. The Balaban J connectivity index is 1.96. The lowest BCUT2D eigenvalue weighted by molar-refractivity contribution is -0.116. The number of hydrogen-bond donors (Lipinski definition) is 1.